The van der Waals surface area contributed by atoms with Crippen LogP contribution in [0.25, 0.3) is 10.9 Å². The molecule has 164 valence electrons. The van der Waals surface area contributed by atoms with Gasteiger partial charge in [0.25, 0.3) is 17.0 Å². The standard InChI is InChI=1S/C24H24N4O4/c29-22-5-1-3-20-16-9-15(12-28(20)22)11-26(13-16)23(30)14-32-17-6-7-19-18(10-17)24(31)27-8-2-4-21(27)25-19/h1,3,5-7,10,15-16H,2,4,8-9,11-14H2/t15-,16+/m1/s1. The van der Waals surface area contributed by atoms with Gasteiger partial charge in [-0.15, -0.1) is 0 Å². The van der Waals surface area contributed by atoms with Crippen LogP contribution in [0.1, 0.15) is 30.3 Å². The highest BCUT2D eigenvalue weighted by atomic mass is 16.5. The number of rotatable bonds is 3. The summed E-state index contributed by atoms with van der Waals surface area (Å²) in [6, 6.07) is 10.6. The summed E-state index contributed by atoms with van der Waals surface area (Å²) in [5.74, 6) is 1.71. The van der Waals surface area contributed by atoms with Crippen LogP contribution in [0.2, 0.25) is 0 Å². The predicted molar refractivity (Wildman–Crippen MR) is 118 cm³/mol. The second kappa shape index (κ2) is 7.32. The molecule has 8 heteroatoms. The van der Waals surface area contributed by atoms with Gasteiger partial charge in [-0.3, -0.25) is 19.0 Å². The molecule has 2 bridgehead atoms. The number of ether oxygens (including phenoxy) is 1. The van der Waals surface area contributed by atoms with Gasteiger partial charge in [-0.2, -0.15) is 0 Å². The van der Waals surface area contributed by atoms with E-state index in [0.717, 1.165) is 30.8 Å². The number of carbonyl (C=O) groups is 1. The second-order valence-corrected chi connectivity index (χ2v) is 9.05. The number of carbonyl (C=O) groups excluding carboxylic acids is 1. The molecule has 3 aliphatic rings. The van der Waals surface area contributed by atoms with Gasteiger partial charge in [0.2, 0.25) is 0 Å². The molecule has 2 atom stereocenters. The van der Waals surface area contributed by atoms with Gasteiger partial charge in [0.05, 0.1) is 10.9 Å². The number of hydrogen-bond donors (Lipinski definition) is 0. The van der Waals surface area contributed by atoms with Gasteiger partial charge in [-0.1, -0.05) is 6.07 Å². The van der Waals surface area contributed by atoms with E-state index in [9.17, 15) is 14.4 Å². The highest BCUT2D eigenvalue weighted by molar-refractivity contribution is 5.80. The Morgan fingerprint density at radius 1 is 1.09 bits per heavy atom. The fourth-order valence-corrected chi connectivity index (χ4v) is 5.49. The molecule has 0 N–H and O–H groups in total. The molecular weight excluding hydrogens is 408 g/mol. The van der Waals surface area contributed by atoms with Gasteiger partial charge in [0, 0.05) is 50.3 Å². The van der Waals surface area contributed by atoms with Crippen molar-refractivity contribution in [3.63, 3.8) is 0 Å². The van der Waals surface area contributed by atoms with E-state index in [2.05, 4.69) is 4.98 Å². The van der Waals surface area contributed by atoms with Gasteiger partial charge in [0.15, 0.2) is 6.61 Å². The van der Waals surface area contributed by atoms with Crippen LogP contribution in [0.5, 0.6) is 5.75 Å². The number of likely N-dealkylation sites (tertiary alicyclic amines) is 1. The molecule has 5 heterocycles. The van der Waals surface area contributed by atoms with E-state index in [1.165, 1.54) is 0 Å². The predicted octanol–water partition coefficient (Wildman–Crippen LogP) is 1.53. The van der Waals surface area contributed by atoms with E-state index in [0.29, 0.717) is 42.8 Å². The minimum Gasteiger partial charge on any atom is -0.484 e. The van der Waals surface area contributed by atoms with Crippen LogP contribution in [-0.4, -0.2) is 44.6 Å². The van der Waals surface area contributed by atoms with Crippen LogP contribution < -0.4 is 15.9 Å². The lowest BCUT2D eigenvalue weighted by Gasteiger charge is -2.42. The topological polar surface area (TPSA) is 86.4 Å². The highest BCUT2D eigenvalue weighted by Gasteiger charge is 2.36. The Morgan fingerprint density at radius 3 is 2.91 bits per heavy atom. The maximum atomic E-state index is 12.9. The summed E-state index contributed by atoms with van der Waals surface area (Å²) < 4.78 is 9.38. The van der Waals surface area contributed by atoms with E-state index in [-0.39, 0.29) is 35.5 Å². The smallest absolute Gasteiger partial charge is 0.261 e. The Kier molecular flexibility index (Phi) is 4.41. The molecule has 32 heavy (non-hydrogen) atoms. The van der Waals surface area contributed by atoms with Gasteiger partial charge in [-0.05, 0) is 43.0 Å². The minimum absolute atomic E-state index is 0.0349. The molecule has 0 aliphatic carbocycles. The van der Waals surface area contributed by atoms with Crippen molar-refractivity contribution in [2.24, 2.45) is 5.92 Å². The molecule has 6 rings (SSSR count). The van der Waals surface area contributed by atoms with E-state index in [4.69, 9.17) is 4.74 Å². The lowest BCUT2D eigenvalue weighted by molar-refractivity contribution is -0.136. The Bertz CT molecular complexity index is 1360. The summed E-state index contributed by atoms with van der Waals surface area (Å²) in [6.07, 6.45) is 2.77. The molecule has 0 saturated carbocycles. The molecular formula is C24H24N4O4. The Labute approximate surface area is 184 Å². The fraction of sp³-hybridized carbons (Fsp3) is 0.417. The Balaban J connectivity index is 1.18. The summed E-state index contributed by atoms with van der Waals surface area (Å²) in [5.41, 5.74) is 1.67. The number of aromatic nitrogens is 3. The summed E-state index contributed by atoms with van der Waals surface area (Å²) >= 11 is 0. The maximum absolute atomic E-state index is 12.9. The van der Waals surface area contributed by atoms with Crippen molar-refractivity contribution in [2.75, 3.05) is 19.7 Å². The molecule has 3 aromatic rings. The number of amides is 1. The van der Waals surface area contributed by atoms with Crippen LogP contribution >= 0.6 is 0 Å². The molecule has 8 nitrogen and oxygen atoms in total. The molecule has 0 unspecified atom stereocenters. The second-order valence-electron chi connectivity index (χ2n) is 9.05. The normalized spacial score (nSPS) is 21.3. The first-order chi connectivity index (χ1) is 15.6. The number of hydrogen-bond acceptors (Lipinski definition) is 5. The highest BCUT2D eigenvalue weighted by Crippen LogP contribution is 2.35. The lowest BCUT2D eigenvalue weighted by atomic mass is 9.83. The summed E-state index contributed by atoms with van der Waals surface area (Å²) in [7, 11) is 0. The zero-order valence-corrected chi connectivity index (χ0v) is 17.7. The number of benzene rings is 1. The van der Waals surface area contributed by atoms with Crippen molar-refractivity contribution in [3.05, 3.63) is 68.6 Å². The molecule has 3 aliphatic heterocycles. The van der Waals surface area contributed by atoms with Crippen molar-refractivity contribution in [1.82, 2.24) is 19.0 Å². The zero-order valence-electron chi connectivity index (χ0n) is 17.7. The SMILES string of the molecule is O=C(COc1ccc2nc3n(c(=O)c2c1)CCC3)N1C[C@H]2C[C@@H](C1)c1cccc(=O)n1C2. The van der Waals surface area contributed by atoms with E-state index < -0.39 is 0 Å². The number of fused-ring (bicyclic) bond motifs is 6. The van der Waals surface area contributed by atoms with Crippen molar-refractivity contribution >= 4 is 16.8 Å². The third-order valence-electron chi connectivity index (χ3n) is 6.98. The first-order valence-electron chi connectivity index (χ1n) is 11.2. The monoisotopic (exact) mass is 432 g/mol. The summed E-state index contributed by atoms with van der Waals surface area (Å²) in [6.45, 7) is 2.51. The number of aryl methyl sites for hydroxylation is 1. The minimum atomic E-state index is -0.0771. The van der Waals surface area contributed by atoms with Crippen LogP contribution in [-0.2, 0) is 24.3 Å². The Hall–Kier alpha value is -3.42. The fourth-order valence-electron chi connectivity index (χ4n) is 5.49. The van der Waals surface area contributed by atoms with Crippen LogP contribution in [0.4, 0.5) is 0 Å². The third kappa shape index (κ3) is 3.13. The molecule has 1 aromatic carbocycles. The van der Waals surface area contributed by atoms with Crippen molar-refractivity contribution in [2.45, 2.75) is 38.3 Å². The van der Waals surface area contributed by atoms with Crippen LogP contribution in [0.15, 0.2) is 46.0 Å². The first kappa shape index (κ1) is 19.3. The number of piperidine rings is 1. The van der Waals surface area contributed by atoms with Crippen LogP contribution in [0.3, 0.4) is 0 Å². The van der Waals surface area contributed by atoms with Gasteiger partial charge in [-0.25, -0.2) is 4.98 Å². The molecule has 1 amide bonds. The zero-order chi connectivity index (χ0) is 21.8. The molecule has 2 aromatic heterocycles. The summed E-state index contributed by atoms with van der Waals surface area (Å²) in [4.78, 5) is 44.3. The Morgan fingerprint density at radius 2 is 2.00 bits per heavy atom. The van der Waals surface area contributed by atoms with E-state index >= 15 is 0 Å². The molecule has 0 spiro atoms. The number of pyridine rings is 1. The lowest BCUT2D eigenvalue weighted by Crippen LogP contribution is -2.50. The summed E-state index contributed by atoms with van der Waals surface area (Å²) in [5, 5.41) is 0.523. The van der Waals surface area contributed by atoms with Gasteiger partial charge >= 0.3 is 0 Å². The molecule has 1 fully saturated rings. The first-order valence-corrected chi connectivity index (χ1v) is 11.2. The van der Waals surface area contributed by atoms with Gasteiger partial charge in [0.1, 0.15) is 11.6 Å². The van der Waals surface area contributed by atoms with Crippen molar-refractivity contribution < 1.29 is 9.53 Å². The molecule has 1 saturated heterocycles. The largest absolute Gasteiger partial charge is 0.484 e. The van der Waals surface area contributed by atoms with Crippen LogP contribution in [0, 0.1) is 5.92 Å². The van der Waals surface area contributed by atoms with E-state index in [1.54, 1.807) is 34.9 Å². The molecule has 0 radical (unpaired) electrons. The van der Waals surface area contributed by atoms with Crippen molar-refractivity contribution in [1.29, 1.82) is 0 Å². The van der Waals surface area contributed by atoms with Gasteiger partial charge < -0.3 is 14.2 Å². The van der Waals surface area contributed by atoms with E-state index in [1.807, 2.05) is 15.5 Å². The quantitative estimate of drug-likeness (QED) is 0.627. The average molecular weight is 432 g/mol. The average Bonchev–Trinajstić information content (AvgIpc) is 3.27. The van der Waals surface area contributed by atoms with Crippen molar-refractivity contribution in [3.8, 4) is 5.75 Å². The third-order valence-corrected chi connectivity index (χ3v) is 6.98. The number of nitrogens with zero attached hydrogens (tertiary/aromatic N) is 4. The maximum Gasteiger partial charge on any atom is 0.261 e.